The molecule has 2 unspecified atom stereocenters. The highest BCUT2D eigenvalue weighted by atomic mass is 16.6. The maximum absolute atomic E-state index is 13.1. The van der Waals surface area contributed by atoms with E-state index in [2.05, 4.69) is 10.6 Å². The lowest BCUT2D eigenvalue weighted by Crippen LogP contribution is -2.46. The number of carbonyl (C=O) groups is 3. The minimum atomic E-state index is -0.808. The van der Waals surface area contributed by atoms with Crippen LogP contribution in [0.4, 0.5) is 10.5 Å². The summed E-state index contributed by atoms with van der Waals surface area (Å²) in [4.78, 5) is 39.4. The molecule has 2 atom stereocenters. The molecule has 7 nitrogen and oxygen atoms in total. The molecule has 0 aliphatic carbocycles. The van der Waals surface area contributed by atoms with Crippen molar-refractivity contribution in [3.8, 4) is 0 Å². The van der Waals surface area contributed by atoms with Gasteiger partial charge in [0.2, 0.25) is 11.8 Å². The molecular weight excluding hydrogens is 406 g/mol. The number of rotatable bonds is 9. The van der Waals surface area contributed by atoms with E-state index in [0.29, 0.717) is 24.2 Å². The maximum Gasteiger partial charge on any atom is 0.411 e. The average Bonchev–Trinajstić information content (AvgIpc) is 3.10. The number of hydrogen-bond donors (Lipinski definition) is 2. The van der Waals surface area contributed by atoms with Crippen molar-refractivity contribution in [3.63, 3.8) is 0 Å². The number of nitrogens with zero attached hydrogens (tertiary/aromatic N) is 1. The molecule has 3 rings (SSSR count). The van der Waals surface area contributed by atoms with Gasteiger partial charge >= 0.3 is 6.09 Å². The van der Waals surface area contributed by atoms with Gasteiger partial charge in [-0.15, -0.1) is 0 Å². The van der Waals surface area contributed by atoms with Crippen molar-refractivity contribution in [2.24, 2.45) is 0 Å². The maximum atomic E-state index is 13.1. The molecule has 2 aromatic carbocycles. The van der Waals surface area contributed by atoms with Crippen LogP contribution in [0.15, 0.2) is 48.5 Å². The summed E-state index contributed by atoms with van der Waals surface area (Å²) in [6.07, 6.45) is 0.656. The predicted octanol–water partition coefficient (Wildman–Crippen LogP) is 4.32. The number of carbonyl (C=O) groups excluding carboxylic acids is 3. The lowest BCUT2D eigenvalue weighted by Gasteiger charge is -2.24. The Morgan fingerprint density at radius 3 is 2.50 bits per heavy atom. The largest absolute Gasteiger partial charge is 0.438 e. The molecule has 1 fully saturated rings. The van der Waals surface area contributed by atoms with Crippen molar-refractivity contribution in [3.05, 3.63) is 65.2 Å². The predicted molar refractivity (Wildman–Crippen MR) is 123 cm³/mol. The quantitative estimate of drug-likeness (QED) is 0.612. The highest BCUT2D eigenvalue weighted by Crippen LogP contribution is 2.35. The average molecular weight is 438 g/mol. The third kappa shape index (κ3) is 5.66. The fourth-order valence-electron chi connectivity index (χ4n) is 3.70. The Morgan fingerprint density at radius 1 is 1.06 bits per heavy atom. The summed E-state index contributed by atoms with van der Waals surface area (Å²) in [7, 11) is 0. The van der Waals surface area contributed by atoms with E-state index in [1.807, 2.05) is 51.1 Å². The molecule has 1 heterocycles. The SMILES string of the molecule is CCCNC(=O)C1C(c2cccc(NC(=O)CCC)c2)OC(=O)N1Cc1ccc(C)cc1. The van der Waals surface area contributed by atoms with Gasteiger partial charge in [0.25, 0.3) is 0 Å². The molecular formula is C25H31N3O4. The molecule has 0 radical (unpaired) electrons. The molecule has 2 N–H and O–H groups in total. The molecule has 1 aliphatic rings. The Kier molecular flexibility index (Phi) is 7.87. The molecule has 2 aromatic rings. The molecule has 0 aromatic heterocycles. The van der Waals surface area contributed by atoms with Gasteiger partial charge in [-0.05, 0) is 43.0 Å². The number of aryl methyl sites for hydroxylation is 1. The topological polar surface area (TPSA) is 87.7 Å². The summed E-state index contributed by atoms with van der Waals surface area (Å²) in [5.41, 5.74) is 3.31. The normalized spacial score (nSPS) is 17.7. The first kappa shape index (κ1) is 23.3. The lowest BCUT2D eigenvalue weighted by molar-refractivity contribution is -0.126. The molecule has 170 valence electrons. The molecule has 0 bridgehead atoms. The van der Waals surface area contributed by atoms with E-state index >= 15 is 0 Å². The van der Waals surface area contributed by atoms with Crippen molar-refractivity contribution in [1.29, 1.82) is 0 Å². The van der Waals surface area contributed by atoms with Crippen LogP contribution < -0.4 is 10.6 Å². The van der Waals surface area contributed by atoms with Gasteiger partial charge in [-0.25, -0.2) is 4.79 Å². The molecule has 7 heteroatoms. The first-order valence-electron chi connectivity index (χ1n) is 11.1. The standard InChI is InChI=1S/C25H31N3O4/c1-4-7-21(29)27-20-9-6-8-19(15-20)23-22(24(30)26-14-5-2)28(25(31)32-23)16-18-12-10-17(3)11-13-18/h6,8-13,15,22-23H,4-5,7,14,16H2,1-3H3,(H,26,30)(H,27,29). The van der Waals surface area contributed by atoms with Crippen LogP contribution in [0, 0.1) is 6.92 Å². The van der Waals surface area contributed by atoms with Gasteiger partial charge in [0.05, 0.1) is 6.54 Å². The molecule has 3 amide bonds. The molecule has 0 saturated carbocycles. The Bertz CT molecular complexity index is 958. The second-order valence-corrected chi connectivity index (χ2v) is 8.08. The Balaban J connectivity index is 1.88. The number of ether oxygens (including phenoxy) is 1. The zero-order chi connectivity index (χ0) is 23.1. The van der Waals surface area contributed by atoms with Gasteiger partial charge in [0.15, 0.2) is 12.1 Å². The summed E-state index contributed by atoms with van der Waals surface area (Å²) in [5.74, 6) is -0.332. The summed E-state index contributed by atoms with van der Waals surface area (Å²) in [6, 6.07) is 14.2. The van der Waals surface area contributed by atoms with Gasteiger partial charge in [0, 0.05) is 18.7 Å². The van der Waals surface area contributed by atoms with E-state index in [0.717, 1.165) is 24.0 Å². The Hall–Kier alpha value is -3.35. The van der Waals surface area contributed by atoms with Crippen molar-refractivity contribution >= 4 is 23.6 Å². The van der Waals surface area contributed by atoms with Crippen molar-refractivity contribution in [2.45, 2.75) is 58.7 Å². The van der Waals surface area contributed by atoms with Gasteiger partial charge in [-0.1, -0.05) is 55.8 Å². The first-order valence-corrected chi connectivity index (χ1v) is 11.1. The fourth-order valence-corrected chi connectivity index (χ4v) is 3.70. The highest BCUT2D eigenvalue weighted by molar-refractivity contribution is 5.91. The van der Waals surface area contributed by atoms with Crippen molar-refractivity contribution in [1.82, 2.24) is 10.2 Å². The monoisotopic (exact) mass is 437 g/mol. The van der Waals surface area contributed by atoms with Crippen LogP contribution >= 0.6 is 0 Å². The van der Waals surface area contributed by atoms with Crippen LogP contribution in [0.2, 0.25) is 0 Å². The van der Waals surface area contributed by atoms with Gasteiger partial charge < -0.3 is 15.4 Å². The lowest BCUT2D eigenvalue weighted by atomic mass is 10.00. The highest BCUT2D eigenvalue weighted by Gasteiger charge is 2.46. The van der Waals surface area contributed by atoms with Crippen molar-refractivity contribution < 1.29 is 19.1 Å². The third-order valence-corrected chi connectivity index (χ3v) is 5.35. The summed E-state index contributed by atoms with van der Waals surface area (Å²) >= 11 is 0. The fraction of sp³-hybridized carbons (Fsp3) is 0.400. The third-order valence-electron chi connectivity index (χ3n) is 5.35. The minimum absolute atomic E-state index is 0.0775. The Labute approximate surface area is 189 Å². The van der Waals surface area contributed by atoms with E-state index in [9.17, 15) is 14.4 Å². The van der Waals surface area contributed by atoms with Gasteiger partial charge in [-0.2, -0.15) is 0 Å². The minimum Gasteiger partial charge on any atom is -0.438 e. The molecule has 1 saturated heterocycles. The van der Waals surface area contributed by atoms with Gasteiger partial charge in [0.1, 0.15) is 0 Å². The number of nitrogens with one attached hydrogen (secondary N) is 2. The summed E-state index contributed by atoms with van der Waals surface area (Å²) < 4.78 is 5.69. The summed E-state index contributed by atoms with van der Waals surface area (Å²) in [6.45, 7) is 6.70. The van der Waals surface area contributed by atoms with E-state index in [-0.39, 0.29) is 18.4 Å². The van der Waals surface area contributed by atoms with Gasteiger partial charge in [-0.3, -0.25) is 14.5 Å². The van der Waals surface area contributed by atoms with Crippen molar-refractivity contribution in [2.75, 3.05) is 11.9 Å². The molecule has 32 heavy (non-hydrogen) atoms. The number of cyclic esters (lactones) is 1. The van der Waals surface area contributed by atoms with Crippen LogP contribution in [0.3, 0.4) is 0 Å². The first-order chi connectivity index (χ1) is 15.4. The second kappa shape index (κ2) is 10.8. The van der Waals surface area contributed by atoms with Crippen LogP contribution in [0.25, 0.3) is 0 Å². The smallest absolute Gasteiger partial charge is 0.411 e. The van der Waals surface area contributed by atoms with Crippen LogP contribution in [0.5, 0.6) is 0 Å². The van der Waals surface area contributed by atoms with E-state index in [1.165, 1.54) is 4.90 Å². The van der Waals surface area contributed by atoms with Crippen LogP contribution in [-0.2, 0) is 20.9 Å². The second-order valence-electron chi connectivity index (χ2n) is 8.08. The van der Waals surface area contributed by atoms with E-state index in [4.69, 9.17) is 4.74 Å². The number of hydrogen-bond acceptors (Lipinski definition) is 4. The van der Waals surface area contributed by atoms with E-state index < -0.39 is 18.2 Å². The molecule has 0 spiro atoms. The number of benzene rings is 2. The Morgan fingerprint density at radius 2 is 1.81 bits per heavy atom. The van der Waals surface area contributed by atoms with Crippen LogP contribution in [-0.4, -0.2) is 35.4 Å². The molecule has 1 aliphatic heterocycles. The zero-order valence-electron chi connectivity index (χ0n) is 18.9. The zero-order valence-corrected chi connectivity index (χ0v) is 18.9. The van der Waals surface area contributed by atoms with E-state index in [1.54, 1.807) is 18.2 Å². The number of anilines is 1. The van der Waals surface area contributed by atoms with Crippen LogP contribution in [0.1, 0.15) is 55.9 Å². The summed E-state index contributed by atoms with van der Waals surface area (Å²) in [5, 5.41) is 5.76. The number of amides is 3.